The number of hydrogen-bond acceptors (Lipinski definition) is 7. The van der Waals surface area contributed by atoms with Gasteiger partial charge in [0, 0.05) is 16.5 Å². The number of benzene rings is 2. The molecule has 1 unspecified atom stereocenters. The van der Waals surface area contributed by atoms with E-state index in [0.717, 1.165) is 6.07 Å². The Morgan fingerprint density at radius 3 is 1.94 bits per heavy atom. The molecule has 33 heavy (non-hydrogen) atoms. The molecule has 2 aromatic carbocycles. The average Bonchev–Trinajstić information content (AvgIpc) is 2.82. The maximum atomic E-state index is 11.9. The van der Waals surface area contributed by atoms with E-state index in [9.17, 15) is 34.4 Å². The van der Waals surface area contributed by atoms with Gasteiger partial charge in [-0.3, -0.25) is 18.7 Å². The first-order valence-electron chi connectivity index (χ1n) is 8.61. The van der Waals surface area contributed by atoms with Gasteiger partial charge in [-0.25, -0.2) is 0 Å². The van der Waals surface area contributed by atoms with Gasteiger partial charge in [0.05, 0.1) is 16.3 Å². The van der Waals surface area contributed by atoms with Crippen LogP contribution in [0.2, 0.25) is 0 Å². The van der Waals surface area contributed by atoms with Crippen LogP contribution >= 0.6 is 0 Å². The fourth-order valence-electron chi connectivity index (χ4n) is 3.80. The Morgan fingerprint density at radius 2 is 1.45 bits per heavy atom. The minimum absolute atomic E-state index is 0. The van der Waals surface area contributed by atoms with Crippen molar-refractivity contribution >= 4 is 207 Å². The summed E-state index contributed by atoms with van der Waals surface area (Å²) in [5.41, 5.74) is 0.519. The zero-order valence-electron chi connectivity index (χ0n) is 15.9. The number of rotatable bonds is 6. The third-order valence-corrected chi connectivity index (χ3v) is 7.87. The van der Waals surface area contributed by atoms with Crippen LogP contribution < -0.4 is 0 Å². The predicted octanol–water partition coefficient (Wildman–Crippen LogP) is 0.419. The molecule has 0 radical (unpaired) electrons. The second-order valence-electron chi connectivity index (χ2n) is 7.35. The monoisotopic (exact) mass is 597 g/mol. The van der Waals surface area contributed by atoms with Gasteiger partial charge in [-0.05, 0) is 48.9 Å². The Labute approximate surface area is 320 Å². The Kier molecular flexibility index (Phi) is 14.1. The molecule has 16 heteroatoms. The number of fused-ring (bicyclic) bond motifs is 3. The quantitative estimate of drug-likeness (QED) is 0.315. The third-order valence-electron chi connectivity index (χ3n) is 5.34. The van der Waals surface area contributed by atoms with Crippen molar-refractivity contribution in [2.24, 2.45) is 4.99 Å². The predicted molar refractivity (Wildman–Crippen MR) is 131 cm³/mol. The molecule has 0 aliphatic carbocycles. The Bertz CT molecular complexity index is 1420. The van der Waals surface area contributed by atoms with E-state index in [1.807, 2.05) is 0 Å². The van der Waals surface area contributed by atoms with Crippen molar-refractivity contribution in [3.05, 3.63) is 29.8 Å². The fourth-order valence-corrected chi connectivity index (χ4v) is 5.65. The molecular weight excluding hydrogens is 576 g/mol. The van der Waals surface area contributed by atoms with Crippen LogP contribution in [0.25, 0.3) is 10.8 Å². The summed E-state index contributed by atoms with van der Waals surface area (Å²) in [4.78, 5) is 3.02. The van der Waals surface area contributed by atoms with Crippen LogP contribution in [0.5, 0.6) is 0 Å². The van der Waals surface area contributed by atoms with E-state index in [0.29, 0.717) is 23.0 Å². The molecule has 0 saturated heterocycles. The molecule has 10 nitrogen and oxygen atoms in total. The van der Waals surface area contributed by atoms with Crippen LogP contribution in [0.1, 0.15) is 32.3 Å². The summed E-state index contributed by atoms with van der Waals surface area (Å²) in [6, 6.07) is 4.63. The second-order valence-corrected chi connectivity index (χ2v) is 11.7. The van der Waals surface area contributed by atoms with Crippen molar-refractivity contribution in [2.75, 3.05) is 5.75 Å². The van der Waals surface area contributed by atoms with Crippen LogP contribution in [0.15, 0.2) is 39.0 Å². The van der Waals surface area contributed by atoms with Crippen LogP contribution in [0.4, 0.5) is 5.69 Å². The van der Waals surface area contributed by atoms with Crippen molar-refractivity contribution in [2.45, 2.75) is 41.9 Å². The van der Waals surface area contributed by atoms with E-state index in [-0.39, 0.29) is 178 Å². The van der Waals surface area contributed by atoms with Gasteiger partial charge in [-0.15, -0.1) is 0 Å². The van der Waals surface area contributed by atoms with Crippen LogP contribution in [0.3, 0.4) is 0 Å². The molecular formula is C17H22K3NO9S3. The fraction of sp³-hybridized carbons (Fsp3) is 0.353. The molecule has 0 bridgehead atoms. The first-order valence-corrected chi connectivity index (χ1v) is 13.1. The molecule has 170 valence electrons. The summed E-state index contributed by atoms with van der Waals surface area (Å²) in [6.07, 6.45) is 0.257. The normalized spacial score (nSPS) is 17.9. The first-order chi connectivity index (χ1) is 13.5. The van der Waals surface area contributed by atoms with Crippen molar-refractivity contribution in [3.63, 3.8) is 0 Å². The molecule has 0 aromatic heterocycles. The molecule has 2 aromatic rings. The van der Waals surface area contributed by atoms with Crippen molar-refractivity contribution in [3.8, 4) is 0 Å². The summed E-state index contributed by atoms with van der Waals surface area (Å²) in [5, 5.41) is 0.153. The van der Waals surface area contributed by atoms with Crippen molar-refractivity contribution in [1.82, 2.24) is 0 Å². The van der Waals surface area contributed by atoms with Crippen LogP contribution in [-0.4, -0.2) is 205 Å². The molecule has 1 aliphatic heterocycles. The maximum absolute atomic E-state index is 11.9. The number of aliphatic imine (C=N–C) groups is 1. The topological polar surface area (TPSA) is 175 Å². The molecule has 1 heterocycles. The standard InChI is InChI=1S/C17H19NO9S3.3K.3H/c1-10-17(2,6-3-7-28(19,20)21)16-13-8-11(29(22,23)24)9-15(30(25,26)27)12(13)4-5-14(16)18-10;;;;;;/h4-5,8-9H,3,6-7H2,1-2H3,(H,19,20,21)(H,22,23,24)(H,25,26,27);;;;;;. The molecule has 3 rings (SSSR count). The van der Waals surface area contributed by atoms with Crippen LogP contribution in [-0.2, 0) is 35.8 Å². The molecule has 0 saturated carbocycles. The van der Waals surface area contributed by atoms with E-state index in [1.54, 1.807) is 13.8 Å². The molecule has 3 N–H and O–H groups in total. The van der Waals surface area contributed by atoms with Gasteiger partial charge in [0.15, 0.2) is 0 Å². The molecule has 0 spiro atoms. The van der Waals surface area contributed by atoms with Crippen molar-refractivity contribution in [1.29, 1.82) is 0 Å². The summed E-state index contributed by atoms with van der Waals surface area (Å²) in [7, 11) is -13.8. The average molecular weight is 598 g/mol. The summed E-state index contributed by atoms with van der Waals surface area (Å²) in [5.74, 6) is -0.498. The van der Waals surface area contributed by atoms with Gasteiger partial charge in [0.1, 0.15) is 4.90 Å². The van der Waals surface area contributed by atoms with Gasteiger partial charge in [0.25, 0.3) is 30.4 Å². The van der Waals surface area contributed by atoms with Crippen molar-refractivity contribution < 1.29 is 38.9 Å². The van der Waals surface area contributed by atoms with Gasteiger partial charge < -0.3 is 0 Å². The third kappa shape index (κ3) is 8.25. The Balaban J connectivity index is 0.00000341. The van der Waals surface area contributed by atoms with E-state index in [4.69, 9.17) is 4.55 Å². The molecule has 1 aliphatic rings. The first kappa shape index (κ1) is 36.0. The van der Waals surface area contributed by atoms with Gasteiger partial charge in [-0.2, -0.15) is 25.3 Å². The van der Waals surface area contributed by atoms with E-state index >= 15 is 0 Å². The van der Waals surface area contributed by atoms with Gasteiger partial charge >= 0.3 is 154 Å². The second kappa shape index (κ2) is 12.9. The molecule has 0 fully saturated rings. The Hall–Kier alpha value is 3.01. The SMILES string of the molecule is CC1=Nc2ccc3c(S(=O)(=O)O)cc(S(=O)(=O)O)cc3c2C1(C)CCCS(=O)(=O)O.[KH].[KH].[KH]. The van der Waals surface area contributed by atoms with E-state index < -0.39 is 51.3 Å². The zero-order valence-corrected chi connectivity index (χ0v) is 18.3. The summed E-state index contributed by atoms with van der Waals surface area (Å²) < 4.78 is 97.5. The van der Waals surface area contributed by atoms with Gasteiger partial charge in [-0.1, -0.05) is 13.0 Å². The minimum atomic E-state index is -4.84. The molecule has 1 atom stereocenters. The van der Waals surface area contributed by atoms with Crippen LogP contribution in [0, 0.1) is 0 Å². The Morgan fingerprint density at radius 1 is 0.879 bits per heavy atom. The summed E-state index contributed by atoms with van der Waals surface area (Å²) in [6.45, 7) is 3.42. The number of hydrogen-bond donors (Lipinski definition) is 3. The zero-order chi connectivity index (χ0) is 22.7. The number of nitrogens with zero attached hydrogens (tertiary/aromatic N) is 1. The van der Waals surface area contributed by atoms with Gasteiger partial charge in [0.2, 0.25) is 0 Å². The molecule has 0 amide bonds. The van der Waals surface area contributed by atoms with E-state index in [2.05, 4.69) is 4.99 Å². The van der Waals surface area contributed by atoms with E-state index in [1.165, 1.54) is 12.1 Å². The summed E-state index contributed by atoms with van der Waals surface area (Å²) >= 11 is 0.